The third-order valence-corrected chi connectivity index (χ3v) is 8.11. The smallest absolute Gasteiger partial charge is 0.243 e. The van der Waals surface area contributed by atoms with Crippen molar-refractivity contribution in [2.75, 3.05) is 13.2 Å². The zero-order valence-corrected chi connectivity index (χ0v) is 17.5. The van der Waals surface area contributed by atoms with Gasteiger partial charge >= 0.3 is 0 Å². The fourth-order valence-electron chi connectivity index (χ4n) is 6.56. The normalized spacial score (nSPS) is 38.2. The summed E-state index contributed by atoms with van der Waals surface area (Å²) in [5.41, 5.74) is 0.944. The number of carbonyl (C=O) groups excluding carboxylic acids is 3. The number of likely N-dealkylation sites (tertiary alicyclic amines) is 1. The van der Waals surface area contributed by atoms with Gasteiger partial charge in [-0.25, -0.2) is 0 Å². The monoisotopic (exact) mass is 420 g/mol. The summed E-state index contributed by atoms with van der Waals surface area (Å²) in [5, 5.41) is 2.97. The van der Waals surface area contributed by atoms with Crippen LogP contribution in [0.3, 0.4) is 0 Å². The molecule has 0 spiro atoms. The maximum atomic E-state index is 13.6. The van der Waals surface area contributed by atoms with Crippen LogP contribution in [0.4, 0.5) is 0 Å². The molecule has 162 valence electrons. The first-order chi connectivity index (χ1) is 15.1. The molecule has 4 aliphatic carbocycles. The number of hydrogen-bond donors (Lipinski definition) is 1. The molecule has 1 N–H and O–H groups in total. The summed E-state index contributed by atoms with van der Waals surface area (Å²) in [6.45, 7) is 1.14. The zero-order chi connectivity index (χ0) is 21.1. The van der Waals surface area contributed by atoms with E-state index in [-0.39, 0.29) is 47.5 Å². The molecule has 6 aliphatic rings. The van der Waals surface area contributed by atoms with Gasteiger partial charge in [0.2, 0.25) is 17.7 Å². The maximum absolute atomic E-state index is 13.6. The summed E-state index contributed by atoms with van der Waals surface area (Å²) in [5.74, 6) is 0.308. The molecule has 3 amide bonds. The Labute approximate surface area is 182 Å². The van der Waals surface area contributed by atoms with Crippen LogP contribution >= 0.6 is 0 Å². The summed E-state index contributed by atoms with van der Waals surface area (Å²) < 4.78 is 5.63. The number of benzene rings is 1. The number of imide groups is 1. The van der Waals surface area contributed by atoms with Gasteiger partial charge in [0.15, 0.2) is 0 Å². The van der Waals surface area contributed by atoms with E-state index in [4.69, 9.17) is 4.74 Å². The summed E-state index contributed by atoms with van der Waals surface area (Å²) >= 11 is 0. The number of nitrogens with zero attached hydrogens (tertiary/aromatic N) is 1. The Kier molecular flexibility index (Phi) is 4.53. The summed E-state index contributed by atoms with van der Waals surface area (Å²) in [4.78, 5) is 41.8. The van der Waals surface area contributed by atoms with E-state index in [0.717, 1.165) is 31.4 Å². The number of ether oxygens (including phenoxy) is 1. The largest absolute Gasteiger partial charge is 0.376 e. The van der Waals surface area contributed by atoms with Crippen molar-refractivity contribution < 1.29 is 19.1 Å². The third-order valence-electron chi connectivity index (χ3n) is 8.11. The highest BCUT2D eigenvalue weighted by atomic mass is 16.5. The highest BCUT2D eigenvalue weighted by Crippen LogP contribution is 2.65. The van der Waals surface area contributed by atoms with Crippen molar-refractivity contribution in [1.82, 2.24) is 10.2 Å². The van der Waals surface area contributed by atoms with Gasteiger partial charge in [-0.3, -0.25) is 19.3 Å². The van der Waals surface area contributed by atoms with E-state index in [1.807, 2.05) is 30.3 Å². The Bertz CT molecular complexity index is 902. The molecule has 7 rings (SSSR count). The SMILES string of the molecule is O=C(NC[C@H]1CCCO1)[C@@H](Cc1ccccc1)N1C(=O)[C@H]2[C@@H]3C=C[C@H]([C@@H]4C[C@H]34)[C@@H]2C1=O. The Morgan fingerprint density at radius 2 is 1.74 bits per heavy atom. The molecule has 2 bridgehead atoms. The second-order valence-electron chi connectivity index (χ2n) is 9.79. The Morgan fingerprint density at radius 1 is 1.06 bits per heavy atom. The van der Waals surface area contributed by atoms with Crippen molar-refractivity contribution in [3.63, 3.8) is 0 Å². The molecule has 0 unspecified atom stereocenters. The Balaban J connectivity index is 1.27. The first-order valence-electron chi connectivity index (χ1n) is 11.6. The molecule has 8 atom stereocenters. The lowest BCUT2D eigenvalue weighted by atomic mass is 9.63. The molecule has 1 aromatic rings. The average molecular weight is 421 g/mol. The van der Waals surface area contributed by atoms with Gasteiger partial charge in [-0.05, 0) is 48.5 Å². The van der Waals surface area contributed by atoms with E-state index in [1.165, 1.54) is 4.90 Å². The van der Waals surface area contributed by atoms with Gasteiger partial charge in [-0.2, -0.15) is 0 Å². The number of allylic oxidation sites excluding steroid dienone is 2. The zero-order valence-electron chi connectivity index (χ0n) is 17.5. The molecule has 0 radical (unpaired) electrons. The predicted octanol–water partition coefficient (Wildman–Crippen LogP) is 1.95. The van der Waals surface area contributed by atoms with Gasteiger partial charge in [0.1, 0.15) is 6.04 Å². The van der Waals surface area contributed by atoms with Crippen molar-refractivity contribution in [3.8, 4) is 0 Å². The van der Waals surface area contributed by atoms with Crippen molar-refractivity contribution in [3.05, 3.63) is 48.0 Å². The van der Waals surface area contributed by atoms with E-state index in [0.29, 0.717) is 24.8 Å². The molecule has 6 nitrogen and oxygen atoms in total. The molecule has 2 heterocycles. The molecule has 6 heteroatoms. The number of rotatable bonds is 6. The summed E-state index contributed by atoms with van der Waals surface area (Å²) in [6, 6.07) is 8.83. The average Bonchev–Trinajstić information content (AvgIpc) is 3.38. The van der Waals surface area contributed by atoms with Crippen LogP contribution in [0.2, 0.25) is 0 Å². The second kappa shape index (κ2) is 7.30. The third kappa shape index (κ3) is 3.06. The van der Waals surface area contributed by atoms with E-state index >= 15 is 0 Å². The fraction of sp³-hybridized carbons (Fsp3) is 0.560. The lowest BCUT2D eigenvalue weighted by Gasteiger charge is -2.37. The van der Waals surface area contributed by atoms with Crippen molar-refractivity contribution >= 4 is 17.7 Å². The lowest BCUT2D eigenvalue weighted by Crippen LogP contribution is -2.52. The van der Waals surface area contributed by atoms with Crippen LogP contribution in [0.5, 0.6) is 0 Å². The molecular formula is C25H28N2O4. The van der Waals surface area contributed by atoms with Gasteiger partial charge in [-0.15, -0.1) is 0 Å². The fourth-order valence-corrected chi connectivity index (χ4v) is 6.56. The molecule has 4 fully saturated rings. The lowest BCUT2D eigenvalue weighted by molar-refractivity contribution is -0.148. The van der Waals surface area contributed by atoms with E-state index in [1.54, 1.807) is 0 Å². The van der Waals surface area contributed by atoms with Gasteiger partial charge in [0.05, 0.1) is 17.9 Å². The van der Waals surface area contributed by atoms with E-state index in [2.05, 4.69) is 17.5 Å². The highest BCUT2D eigenvalue weighted by Gasteiger charge is 2.67. The molecule has 2 aliphatic heterocycles. The first-order valence-corrected chi connectivity index (χ1v) is 11.6. The predicted molar refractivity (Wildman–Crippen MR) is 112 cm³/mol. The van der Waals surface area contributed by atoms with Crippen molar-refractivity contribution in [1.29, 1.82) is 0 Å². The Morgan fingerprint density at radius 3 is 2.35 bits per heavy atom. The quantitative estimate of drug-likeness (QED) is 0.564. The van der Waals surface area contributed by atoms with Gasteiger partial charge < -0.3 is 10.1 Å². The number of carbonyl (C=O) groups is 3. The molecule has 0 aromatic heterocycles. The van der Waals surface area contributed by atoms with Gasteiger partial charge in [0.25, 0.3) is 0 Å². The standard InChI is InChI=1S/C25H28N2O4/c28-23(26-13-15-7-4-10-31-15)20(11-14-5-2-1-3-6-14)27-24(29)21-16-8-9-17(19-12-18(16)19)22(21)25(27)30/h1-3,5-6,8-9,15-22H,4,7,10-13H2,(H,26,28)/t15-,16-,17-,18-,19+,20-,21+,22+/m1/s1. The van der Waals surface area contributed by atoms with Crippen molar-refractivity contribution in [2.24, 2.45) is 35.5 Å². The number of nitrogens with one attached hydrogen (secondary N) is 1. The van der Waals surface area contributed by atoms with Crippen LogP contribution < -0.4 is 5.32 Å². The van der Waals surface area contributed by atoms with Gasteiger partial charge in [-0.1, -0.05) is 42.5 Å². The number of hydrogen-bond acceptors (Lipinski definition) is 4. The number of amides is 3. The van der Waals surface area contributed by atoms with Gasteiger partial charge in [0, 0.05) is 19.6 Å². The topological polar surface area (TPSA) is 75.7 Å². The summed E-state index contributed by atoms with van der Waals surface area (Å²) in [7, 11) is 0. The minimum absolute atomic E-state index is 0.0149. The van der Waals surface area contributed by atoms with E-state index < -0.39 is 6.04 Å². The van der Waals surface area contributed by atoms with Crippen LogP contribution in [-0.4, -0.2) is 47.9 Å². The molecule has 2 saturated carbocycles. The minimum Gasteiger partial charge on any atom is -0.376 e. The van der Waals surface area contributed by atoms with Crippen LogP contribution in [0.25, 0.3) is 0 Å². The summed E-state index contributed by atoms with van der Waals surface area (Å²) in [6.07, 6.45) is 7.74. The molecular weight excluding hydrogens is 392 g/mol. The van der Waals surface area contributed by atoms with Crippen LogP contribution in [0.1, 0.15) is 24.8 Å². The van der Waals surface area contributed by atoms with Crippen molar-refractivity contribution in [2.45, 2.75) is 37.8 Å². The maximum Gasteiger partial charge on any atom is 0.243 e. The second-order valence-corrected chi connectivity index (χ2v) is 9.79. The molecule has 2 saturated heterocycles. The molecule has 1 aromatic carbocycles. The van der Waals surface area contributed by atoms with Crippen LogP contribution in [0.15, 0.2) is 42.5 Å². The van der Waals surface area contributed by atoms with Crippen LogP contribution in [0, 0.1) is 35.5 Å². The van der Waals surface area contributed by atoms with Crippen LogP contribution in [-0.2, 0) is 25.5 Å². The highest BCUT2D eigenvalue weighted by molar-refractivity contribution is 6.09. The minimum atomic E-state index is -0.815. The van der Waals surface area contributed by atoms with E-state index in [9.17, 15) is 14.4 Å². The first kappa shape index (κ1) is 19.2. The Hall–Kier alpha value is -2.47. The molecule has 31 heavy (non-hydrogen) atoms.